The molecule has 1 heterocycles. The number of nitrogens with one attached hydrogen (secondary N) is 2. The molecule has 0 fully saturated rings. The van der Waals surface area contributed by atoms with Crippen molar-refractivity contribution in [1.29, 1.82) is 0 Å². The summed E-state index contributed by atoms with van der Waals surface area (Å²) < 4.78 is 6.86. The molecule has 150 valence electrons. The van der Waals surface area contributed by atoms with E-state index in [1.807, 2.05) is 19.4 Å². The van der Waals surface area contributed by atoms with Gasteiger partial charge in [-0.05, 0) is 54.8 Å². The molecule has 0 aliphatic heterocycles. The molecule has 0 unspecified atom stereocenters. The third kappa shape index (κ3) is 5.44. The molecule has 3 rings (SSSR count). The number of amides is 2. The van der Waals surface area contributed by atoms with Gasteiger partial charge in [-0.25, -0.2) is 0 Å². The minimum absolute atomic E-state index is 0.221. The predicted octanol–water partition coefficient (Wildman–Crippen LogP) is 3.04. The molecule has 3 aromatic rings. The Morgan fingerprint density at radius 3 is 2.52 bits per heavy atom. The maximum Gasteiger partial charge on any atom is 0.255 e. The molecule has 2 amide bonds. The van der Waals surface area contributed by atoms with Crippen LogP contribution < -0.4 is 15.4 Å². The number of carbonyl (C=O) groups excluding carboxylic acids is 2. The highest BCUT2D eigenvalue weighted by Crippen LogP contribution is 2.18. The van der Waals surface area contributed by atoms with Gasteiger partial charge in [0.05, 0.1) is 24.6 Å². The van der Waals surface area contributed by atoms with Crippen LogP contribution in [0.5, 0.6) is 5.75 Å². The number of hydrogen-bond acceptors (Lipinski definition) is 4. The van der Waals surface area contributed by atoms with Gasteiger partial charge in [-0.15, -0.1) is 0 Å². The minimum Gasteiger partial charge on any atom is -0.497 e. The summed E-state index contributed by atoms with van der Waals surface area (Å²) in [4.78, 5) is 25.1. The fraction of sp³-hybridized carbons (Fsp3) is 0.227. The van der Waals surface area contributed by atoms with Crippen molar-refractivity contribution in [2.24, 2.45) is 7.05 Å². The molecule has 0 aliphatic carbocycles. The molecular formula is C22H24N4O3. The number of hydrogen-bond donors (Lipinski definition) is 2. The number of para-hydroxylation sites is 1. The van der Waals surface area contributed by atoms with Crippen molar-refractivity contribution in [3.63, 3.8) is 0 Å². The zero-order valence-corrected chi connectivity index (χ0v) is 16.5. The number of ether oxygens (including phenoxy) is 1. The first-order valence-corrected chi connectivity index (χ1v) is 9.37. The van der Waals surface area contributed by atoms with Gasteiger partial charge in [0.1, 0.15) is 5.75 Å². The predicted molar refractivity (Wildman–Crippen MR) is 111 cm³/mol. The van der Waals surface area contributed by atoms with E-state index in [1.165, 1.54) is 0 Å². The number of nitrogens with zero attached hydrogens (tertiary/aromatic N) is 2. The Bertz CT molecular complexity index is 980. The summed E-state index contributed by atoms with van der Waals surface area (Å²) in [5.74, 6) is 0.166. The molecule has 0 bridgehead atoms. The molecule has 0 radical (unpaired) electrons. The molecule has 0 saturated carbocycles. The number of benzene rings is 2. The van der Waals surface area contributed by atoms with E-state index in [-0.39, 0.29) is 11.8 Å². The number of aromatic nitrogens is 2. The molecule has 0 atom stereocenters. The van der Waals surface area contributed by atoms with Gasteiger partial charge in [0.15, 0.2) is 0 Å². The first kappa shape index (κ1) is 20.1. The summed E-state index contributed by atoms with van der Waals surface area (Å²) in [7, 11) is 3.45. The Labute approximate surface area is 169 Å². The maximum atomic E-state index is 12.6. The van der Waals surface area contributed by atoms with Crippen LogP contribution >= 0.6 is 0 Å². The number of anilines is 1. The van der Waals surface area contributed by atoms with E-state index in [1.54, 1.807) is 60.3 Å². The summed E-state index contributed by atoms with van der Waals surface area (Å²) in [6.45, 7) is 0.536. The highest BCUT2D eigenvalue weighted by atomic mass is 16.5. The lowest BCUT2D eigenvalue weighted by Gasteiger charge is -2.12. The normalized spacial score (nSPS) is 10.4. The van der Waals surface area contributed by atoms with E-state index in [4.69, 9.17) is 4.74 Å². The molecule has 7 heteroatoms. The smallest absolute Gasteiger partial charge is 0.255 e. The summed E-state index contributed by atoms with van der Waals surface area (Å²) in [6, 6.07) is 13.7. The summed E-state index contributed by atoms with van der Waals surface area (Å²) in [5, 5.41) is 9.86. The summed E-state index contributed by atoms with van der Waals surface area (Å²) in [6.07, 6.45) is 5.43. The second kappa shape index (κ2) is 9.54. The highest BCUT2D eigenvalue weighted by molar-refractivity contribution is 6.09. The third-order valence-corrected chi connectivity index (χ3v) is 4.46. The maximum absolute atomic E-state index is 12.6. The average Bonchev–Trinajstić information content (AvgIpc) is 3.16. The Morgan fingerprint density at radius 2 is 1.83 bits per heavy atom. The average molecular weight is 392 g/mol. The van der Waals surface area contributed by atoms with Gasteiger partial charge in [0, 0.05) is 25.4 Å². The molecular weight excluding hydrogens is 368 g/mol. The monoisotopic (exact) mass is 392 g/mol. The first-order valence-electron chi connectivity index (χ1n) is 9.37. The van der Waals surface area contributed by atoms with E-state index in [0.717, 1.165) is 18.4 Å². The van der Waals surface area contributed by atoms with Crippen LogP contribution in [-0.2, 0) is 13.5 Å². The number of rotatable bonds is 8. The lowest BCUT2D eigenvalue weighted by molar-refractivity contribution is 0.0954. The molecule has 0 saturated heterocycles. The van der Waals surface area contributed by atoms with Crippen LogP contribution in [0.1, 0.15) is 32.7 Å². The number of aryl methyl sites for hydroxylation is 2. The Balaban J connectivity index is 1.58. The standard InChI is InChI=1S/C22H24N4O3/c1-26-15-16(14-24-26)6-5-13-23-22(28)19-7-3-4-8-20(19)25-21(27)17-9-11-18(29-2)12-10-17/h3-4,7-12,14-15H,5-6,13H2,1-2H3,(H,23,28)(H,25,27). The van der Waals surface area contributed by atoms with E-state index in [9.17, 15) is 9.59 Å². The van der Waals surface area contributed by atoms with Gasteiger partial charge in [-0.3, -0.25) is 14.3 Å². The topological polar surface area (TPSA) is 85.2 Å². The minimum atomic E-state index is -0.288. The molecule has 1 aromatic heterocycles. The van der Waals surface area contributed by atoms with E-state index >= 15 is 0 Å². The van der Waals surface area contributed by atoms with Crippen molar-refractivity contribution in [3.8, 4) is 5.75 Å². The zero-order chi connectivity index (χ0) is 20.6. The van der Waals surface area contributed by atoms with E-state index < -0.39 is 0 Å². The van der Waals surface area contributed by atoms with E-state index in [0.29, 0.717) is 29.1 Å². The van der Waals surface area contributed by atoms with Gasteiger partial charge in [0.2, 0.25) is 0 Å². The van der Waals surface area contributed by atoms with Crippen molar-refractivity contribution in [1.82, 2.24) is 15.1 Å². The van der Waals surface area contributed by atoms with Crippen molar-refractivity contribution in [2.75, 3.05) is 19.0 Å². The number of carbonyl (C=O) groups is 2. The van der Waals surface area contributed by atoms with Crippen molar-refractivity contribution in [2.45, 2.75) is 12.8 Å². The van der Waals surface area contributed by atoms with Crippen LogP contribution in [-0.4, -0.2) is 35.2 Å². The largest absolute Gasteiger partial charge is 0.497 e. The summed E-state index contributed by atoms with van der Waals surface area (Å²) >= 11 is 0. The van der Waals surface area contributed by atoms with Crippen LogP contribution in [0.4, 0.5) is 5.69 Å². The SMILES string of the molecule is COc1ccc(C(=O)Nc2ccccc2C(=O)NCCCc2cnn(C)c2)cc1. The molecule has 0 spiro atoms. The zero-order valence-electron chi connectivity index (χ0n) is 16.5. The van der Waals surface area contributed by atoms with Gasteiger partial charge in [-0.2, -0.15) is 5.10 Å². The third-order valence-electron chi connectivity index (χ3n) is 4.46. The van der Waals surface area contributed by atoms with Crippen LogP contribution in [0.15, 0.2) is 60.9 Å². The van der Waals surface area contributed by atoms with Gasteiger partial charge in [-0.1, -0.05) is 12.1 Å². The Morgan fingerprint density at radius 1 is 1.07 bits per heavy atom. The van der Waals surface area contributed by atoms with Crippen LogP contribution in [0.3, 0.4) is 0 Å². The van der Waals surface area contributed by atoms with Crippen molar-refractivity contribution in [3.05, 3.63) is 77.6 Å². The van der Waals surface area contributed by atoms with Crippen LogP contribution in [0.2, 0.25) is 0 Å². The highest BCUT2D eigenvalue weighted by Gasteiger charge is 2.14. The molecule has 2 N–H and O–H groups in total. The van der Waals surface area contributed by atoms with Gasteiger partial charge >= 0.3 is 0 Å². The Hall–Kier alpha value is -3.61. The van der Waals surface area contributed by atoms with Crippen molar-refractivity contribution >= 4 is 17.5 Å². The lowest BCUT2D eigenvalue weighted by Crippen LogP contribution is -2.26. The van der Waals surface area contributed by atoms with Gasteiger partial charge in [0.25, 0.3) is 11.8 Å². The molecule has 7 nitrogen and oxygen atoms in total. The second-order valence-electron chi connectivity index (χ2n) is 6.61. The first-order chi connectivity index (χ1) is 14.1. The van der Waals surface area contributed by atoms with Crippen molar-refractivity contribution < 1.29 is 14.3 Å². The fourth-order valence-corrected chi connectivity index (χ4v) is 2.92. The Kier molecular flexibility index (Phi) is 6.63. The molecule has 0 aliphatic rings. The van der Waals surface area contributed by atoms with Crippen LogP contribution in [0.25, 0.3) is 0 Å². The lowest BCUT2D eigenvalue weighted by atomic mass is 10.1. The molecule has 2 aromatic carbocycles. The second-order valence-corrected chi connectivity index (χ2v) is 6.61. The van der Waals surface area contributed by atoms with Gasteiger partial charge < -0.3 is 15.4 Å². The van der Waals surface area contributed by atoms with Crippen LogP contribution in [0, 0.1) is 0 Å². The molecule has 29 heavy (non-hydrogen) atoms. The fourth-order valence-electron chi connectivity index (χ4n) is 2.92. The van der Waals surface area contributed by atoms with E-state index in [2.05, 4.69) is 15.7 Å². The summed E-state index contributed by atoms with van der Waals surface area (Å²) in [5.41, 5.74) is 2.51. The number of methoxy groups -OCH3 is 1. The quantitative estimate of drug-likeness (QED) is 0.577.